The van der Waals surface area contributed by atoms with E-state index in [0.717, 1.165) is 23.2 Å². The number of aromatic amines is 1. The smallest absolute Gasteiger partial charge is 0.115 e. The van der Waals surface area contributed by atoms with Crippen LogP contribution in [0.2, 0.25) is 0 Å². The molecule has 0 amide bonds. The Bertz CT molecular complexity index is 350. The zero-order valence-electron chi connectivity index (χ0n) is 8.38. The van der Waals surface area contributed by atoms with Gasteiger partial charge in [0.15, 0.2) is 0 Å². The molecule has 1 aromatic heterocycles. The summed E-state index contributed by atoms with van der Waals surface area (Å²) in [5, 5.41) is 9.34. The van der Waals surface area contributed by atoms with Gasteiger partial charge in [0, 0.05) is 17.5 Å². The number of hydrogen-bond acceptors (Lipinski definition) is 2. The molecule has 0 aliphatic rings. The molecule has 14 heavy (non-hydrogen) atoms. The van der Waals surface area contributed by atoms with Crippen molar-refractivity contribution in [2.75, 3.05) is 6.54 Å². The second-order valence-electron chi connectivity index (χ2n) is 3.16. The quantitative estimate of drug-likeness (QED) is 0.504. The van der Waals surface area contributed by atoms with E-state index in [4.69, 9.17) is 5.73 Å². The topological polar surface area (TPSA) is 62.0 Å². The number of H-pyrrole nitrogens is 1. The van der Waals surface area contributed by atoms with Crippen LogP contribution in [0.5, 0.6) is 0 Å². The van der Waals surface area contributed by atoms with E-state index < -0.39 is 0 Å². The predicted octanol–water partition coefficient (Wildman–Crippen LogP) is 1.91. The van der Waals surface area contributed by atoms with Crippen molar-refractivity contribution >= 4 is 6.08 Å². The Hall–Kier alpha value is -1.48. The maximum absolute atomic E-state index is 9.34. The van der Waals surface area contributed by atoms with Crippen LogP contribution in [0.15, 0.2) is 24.6 Å². The van der Waals surface area contributed by atoms with Gasteiger partial charge in [0.1, 0.15) is 5.76 Å². The fraction of sp³-hybridized carbons (Fsp3) is 0.273. The lowest BCUT2D eigenvalue weighted by Gasteiger charge is -1.99. The molecule has 0 aliphatic heterocycles. The van der Waals surface area contributed by atoms with Crippen molar-refractivity contribution in [3.05, 3.63) is 41.4 Å². The van der Waals surface area contributed by atoms with E-state index in [1.54, 1.807) is 6.08 Å². The molecule has 0 bridgehead atoms. The normalized spacial score (nSPS) is 11.7. The number of aliphatic hydroxyl groups is 1. The van der Waals surface area contributed by atoms with Crippen LogP contribution < -0.4 is 5.73 Å². The largest absolute Gasteiger partial charge is 0.508 e. The Balaban J connectivity index is 3.04. The lowest BCUT2D eigenvalue weighted by molar-refractivity contribution is 0.438. The van der Waals surface area contributed by atoms with Crippen molar-refractivity contribution in [1.29, 1.82) is 0 Å². The molecule has 1 rings (SSSR count). The van der Waals surface area contributed by atoms with Gasteiger partial charge < -0.3 is 15.8 Å². The molecule has 0 aromatic carbocycles. The summed E-state index contributed by atoms with van der Waals surface area (Å²) in [4.78, 5) is 3.11. The Morgan fingerprint density at radius 2 is 2.43 bits per heavy atom. The average molecular weight is 192 g/mol. The molecule has 0 saturated carbocycles. The van der Waals surface area contributed by atoms with Gasteiger partial charge in [0.05, 0.1) is 0 Å². The van der Waals surface area contributed by atoms with Crippen LogP contribution in [-0.4, -0.2) is 16.6 Å². The average Bonchev–Trinajstić information content (AvgIpc) is 2.50. The standard InChI is InChI=1S/C11H16N2O/c1-3-10(14)6-11-8(2)13-7-9(11)4-5-12/h3,6-7,13-14H,1,4-5,12H2,2H3/b10-6+. The molecule has 3 heteroatoms. The fourth-order valence-corrected chi connectivity index (χ4v) is 1.36. The van der Waals surface area contributed by atoms with Crippen molar-refractivity contribution < 1.29 is 5.11 Å². The number of rotatable bonds is 4. The Labute approximate surface area is 84.0 Å². The highest BCUT2D eigenvalue weighted by Crippen LogP contribution is 2.17. The monoisotopic (exact) mass is 192 g/mol. The summed E-state index contributed by atoms with van der Waals surface area (Å²) in [6.45, 7) is 6.06. The lowest BCUT2D eigenvalue weighted by atomic mass is 10.1. The number of nitrogens with one attached hydrogen (secondary N) is 1. The molecule has 1 aromatic rings. The molecule has 0 aliphatic carbocycles. The van der Waals surface area contributed by atoms with E-state index >= 15 is 0 Å². The van der Waals surface area contributed by atoms with Crippen LogP contribution in [0.1, 0.15) is 16.8 Å². The zero-order chi connectivity index (χ0) is 10.6. The van der Waals surface area contributed by atoms with Crippen LogP contribution in [0.25, 0.3) is 6.08 Å². The second-order valence-corrected chi connectivity index (χ2v) is 3.16. The van der Waals surface area contributed by atoms with Crippen LogP contribution in [0.3, 0.4) is 0 Å². The maximum atomic E-state index is 9.34. The van der Waals surface area contributed by atoms with Crippen LogP contribution in [0, 0.1) is 6.92 Å². The SMILES string of the molecule is C=C/C(O)=C\c1c(CCN)c[nH]c1C. The van der Waals surface area contributed by atoms with Crippen molar-refractivity contribution in [2.24, 2.45) is 5.73 Å². The molecule has 0 unspecified atom stereocenters. The molecular weight excluding hydrogens is 176 g/mol. The lowest BCUT2D eigenvalue weighted by Crippen LogP contribution is -2.02. The van der Waals surface area contributed by atoms with Gasteiger partial charge in [0.25, 0.3) is 0 Å². The van der Waals surface area contributed by atoms with E-state index in [-0.39, 0.29) is 5.76 Å². The summed E-state index contributed by atoms with van der Waals surface area (Å²) in [5.41, 5.74) is 8.65. The van der Waals surface area contributed by atoms with Crippen LogP contribution in [-0.2, 0) is 6.42 Å². The number of nitrogens with two attached hydrogens (primary N) is 1. The number of hydrogen-bond donors (Lipinski definition) is 3. The molecule has 4 N–H and O–H groups in total. The molecule has 0 radical (unpaired) electrons. The first-order valence-corrected chi connectivity index (χ1v) is 4.59. The summed E-state index contributed by atoms with van der Waals surface area (Å²) < 4.78 is 0. The van der Waals surface area contributed by atoms with Crippen molar-refractivity contribution in [2.45, 2.75) is 13.3 Å². The number of aromatic nitrogens is 1. The van der Waals surface area contributed by atoms with Crippen molar-refractivity contribution in [1.82, 2.24) is 4.98 Å². The summed E-state index contributed by atoms with van der Waals surface area (Å²) in [6, 6.07) is 0. The summed E-state index contributed by atoms with van der Waals surface area (Å²) in [7, 11) is 0. The number of aliphatic hydroxyl groups excluding tert-OH is 1. The van der Waals surface area contributed by atoms with Crippen molar-refractivity contribution in [3.8, 4) is 0 Å². The highest BCUT2D eigenvalue weighted by atomic mass is 16.3. The molecule has 3 nitrogen and oxygen atoms in total. The van der Waals surface area contributed by atoms with Crippen LogP contribution >= 0.6 is 0 Å². The highest BCUT2D eigenvalue weighted by Gasteiger charge is 2.05. The molecular formula is C11H16N2O. The minimum atomic E-state index is 0.172. The van der Waals surface area contributed by atoms with E-state index in [2.05, 4.69) is 11.6 Å². The molecule has 76 valence electrons. The second kappa shape index (κ2) is 4.67. The molecule has 0 fully saturated rings. The first-order chi connectivity index (χ1) is 6.69. The molecule has 1 heterocycles. The van der Waals surface area contributed by atoms with E-state index in [9.17, 15) is 5.11 Å². The summed E-state index contributed by atoms with van der Waals surface area (Å²) in [5.74, 6) is 0.172. The zero-order valence-corrected chi connectivity index (χ0v) is 8.38. The first kappa shape index (κ1) is 10.6. The number of aryl methyl sites for hydroxylation is 1. The number of allylic oxidation sites excluding steroid dienone is 1. The Morgan fingerprint density at radius 1 is 1.71 bits per heavy atom. The molecule has 0 atom stereocenters. The van der Waals surface area contributed by atoms with Gasteiger partial charge in [-0.25, -0.2) is 0 Å². The Kier molecular flexibility index (Phi) is 3.54. The third kappa shape index (κ3) is 2.26. The van der Waals surface area contributed by atoms with Gasteiger partial charge in [0.2, 0.25) is 0 Å². The van der Waals surface area contributed by atoms with Crippen LogP contribution in [0.4, 0.5) is 0 Å². The summed E-state index contributed by atoms with van der Waals surface area (Å²) >= 11 is 0. The van der Waals surface area contributed by atoms with E-state index in [0.29, 0.717) is 6.54 Å². The molecule has 0 spiro atoms. The first-order valence-electron chi connectivity index (χ1n) is 4.59. The Morgan fingerprint density at radius 3 is 3.00 bits per heavy atom. The van der Waals surface area contributed by atoms with Gasteiger partial charge in [-0.3, -0.25) is 0 Å². The van der Waals surface area contributed by atoms with Crippen molar-refractivity contribution in [3.63, 3.8) is 0 Å². The van der Waals surface area contributed by atoms with Gasteiger partial charge >= 0.3 is 0 Å². The van der Waals surface area contributed by atoms with Gasteiger partial charge in [-0.15, -0.1) is 0 Å². The predicted molar refractivity (Wildman–Crippen MR) is 59.1 cm³/mol. The third-order valence-electron chi connectivity index (χ3n) is 2.13. The molecule has 0 saturated heterocycles. The minimum Gasteiger partial charge on any atom is -0.508 e. The highest BCUT2D eigenvalue weighted by molar-refractivity contribution is 5.59. The fourth-order valence-electron chi connectivity index (χ4n) is 1.36. The summed E-state index contributed by atoms with van der Waals surface area (Å²) in [6.07, 6.45) is 5.84. The maximum Gasteiger partial charge on any atom is 0.115 e. The van der Waals surface area contributed by atoms with E-state index in [1.807, 2.05) is 13.1 Å². The van der Waals surface area contributed by atoms with Gasteiger partial charge in [-0.05, 0) is 37.6 Å². The van der Waals surface area contributed by atoms with Gasteiger partial charge in [-0.1, -0.05) is 6.58 Å². The van der Waals surface area contributed by atoms with Gasteiger partial charge in [-0.2, -0.15) is 0 Å². The third-order valence-corrected chi connectivity index (χ3v) is 2.13. The van der Waals surface area contributed by atoms with E-state index in [1.165, 1.54) is 6.08 Å². The minimum absolute atomic E-state index is 0.172.